The van der Waals surface area contributed by atoms with Crippen molar-refractivity contribution >= 4 is 22.0 Å². The smallest absolute Gasteiger partial charge is 0.380 e. The number of aryl methyl sites for hydroxylation is 1. The third kappa shape index (κ3) is 3.89. The number of fused-ring (bicyclic) bond motifs is 1. The van der Waals surface area contributed by atoms with Crippen molar-refractivity contribution in [1.82, 2.24) is 4.90 Å². The van der Waals surface area contributed by atoms with Crippen molar-refractivity contribution in [1.29, 1.82) is 0 Å². The molecule has 1 aliphatic heterocycles. The van der Waals surface area contributed by atoms with Gasteiger partial charge in [-0.05, 0) is 29.7 Å². The second-order valence-electron chi connectivity index (χ2n) is 5.95. The first-order chi connectivity index (χ1) is 12.3. The lowest BCUT2D eigenvalue weighted by Gasteiger charge is -2.30. The largest absolute Gasteiger partial charge is 0.493 e. The van der Waals surface area contributed by atoms with Gasteiger partial charge in [-0.15, -0.1) is 0 Å². The first kappa shape index (κ1) is 18.0. The highest BCUT2D eigenvalue weighted by molar-refractivity contribution is 7.84. The number of benzene rings is 2. The maximum Gasteiger partial charge on any atom is 0.380 e. The second-order valence-corrected chi connectivity index (χ2v) is 7.10. The molecule has 1 heterocycles. The maximum atomic E-state index is 12.4. The molecule has 8 nitrogen and oxygen atoms in total. The summed E-state index contributed by atoms with van der Waals surface area (Å²) < 4.78 is 32.3. The fourth-order valence-corrected chi connectivity index (χ4v) is 3.17. The molecule has 0 saturated carbocycles. The Morgan fingerprint density at radius 2 is 1.96 bits per heavy atom. The quantitative estimate of drug-likeness (QED) is 0.829. The number of anilines is 1. The fraction of sp³-hybridized carbons (Fsp3) is 0.235. The molecule has 0 atom stereocenters. The number of carbonyl (C=O) groups is 1. The van der Waals surface area contributed by atoms with E-state index in [9.17, 15) is 13.2 Å². The van der Waals surface area contributed by atoms with E-state index in [2.05, 4.69) is 5.32 Å². The average Bonchev–Trinajstić information content (AvgIpc) is 2.56. The fourth-order valence-electron chi connectivity index (χ4n) is 2.79. The van der Waals surface area contributed by atoms with Gasteiger partial charge in [-0.1, -0.05) is 24.3 Å². The molecule has 0 aliphatic carbocycles. The van der Waals surface area contributed by atoms with Gasteiger partial charge in [0.25, 0.3) is 0 Å². The predicted octanol–water partition coefficient (Wildman–Crippen LogP) is 2.13. The molecule has 2 aromatic carbocycles. The number of carbonyl (C=O) groups excluding carboxylic acids is 1. The van der Waals surface area contributed by atoms with Crippen molar-refractivity contribution in [2.24, 2.45) is 5.14 Å². The minimum absolute atomic E-state index is 0.0820. The van der Waals surface area contributed by atoms with Crippen LogP contribution in [0.2, 0.25) is 0 Å². The van der Waals surface area contributed by atoms with Crippen LogP contribution in [-0.4, -0.2) is 26.5 Å². The number of nitrogens with one attached hydrogen (secondary N) is 1. The lowest BCUT2D eigenvalue weighted by atomic mass is 10.1. The number of hydrogen-bond donors (Lipinski definition) is 2. The van der Waals surface area contributed by atoms with Gasteiger partial charge in [0.05, 0.1) is 12.8 Å². The van der Waals surface area contributed by atoms with Crippen LogP contribution in [0.1, 0.15) is 16.7 Å². The summed E-state index contributed by atoms with van der Waals surface area (Å²) >= 11 is 0. The normalized spacial score (nSPS) is 13.8. The molecule has 0 aromatic heterocycles. The highest BCUT2D eigenvalue weighted by Crippen LogP contribution is 2.37. The van der Waals surface area contributed by atoms with Crippen LogP contribution in [0.25, 0.3) is 0 Å². The van der Waals surface area contributed by atoms with Gasteiger partial charge < -0.3 is 19.1 Å². The zero-order chi connectivity index (χ0) is 18.9. The van der Waals surface area contributed by atoms with Crippen molar-refractivity contribution in [3.05, 3.63) is 53.1 Å². The van der Waals surface area contributed by atoms with Crippen LogP contribution in [0.5, 0.6) is 11.5 Å². The average molecular weight is 377 g/mol. The Bertz CT molecular complexity index is 959. The topological polar surface area (TPSA) is 111 Å². The highest BCUT2D eigenvalue weighted by Gasteiger charge is 2.26. The lowest BCUT2D eigenvalue weighted by molar-refractivity contribution is 0.203. The van der Waals surface area contributed by atoms with Crippen molar-refractivity contribution in [2.75, 3.05) is 12.4 Å². The standard InChI is InChI=1S/C17H19N3O5S/c1-11-5-3-4-6-12(11)9-20-10-13-7-15(24-2)16(25-26(18,22)23)8-14(13)19-17(20)21/h3-8H,9-10H2,1-2H3,(H,19,21)(H2,18,22,23). The molecule has 1 aliphatic rings. The van der Waals surface area contributed by atoms with Gasteiger partial charge >= 0.3 is 16.3 Å². The number of rotatable bonds is 5. The third-order valence-corrected chi connectivity index (χ3v) is 4.52. The monoisotopic (exact) mass is 377 g/mol. The van der Waals surface area contributed by atoms with E-state index in [1.54, 1.807) is 11.0 Å². The van der Waals surface area contributed by atoms with Crippen LogP contribution in [0, 0.1) is 6.92 Å². The van der Waals surface area contributed by atoms with Crippen LogP contribution >= 0.6 is 0 Å². The Morgan fingerprint density at radius 3 is 2.62 bits per heavy atom. The molecule has 0 spiro atoms. The van der Waals surface area contributed by atoms with Crippen LogP contribution in [0.3, 0.4) is 0 Å². The minimum Gasteiger partial charge on any atom is -0.493 e. The minimum atomic E-state index is -4.21. The summed E-state index contributed by atoms with van der Waals surface area (Å²) in [5.41, 5.74) is 3.38. The molecule has 0 radical (unpaired) electrons. The summed E-state index contributed by atoms with van der Waals surface area (Å²) in [5.74, 6) is 0.131. The van der Waals surface area contributed by atoms with Gasteiger partial charge in [-0.2, -0.15) is 13.6 Å². The molecular formula is C17H19N3O5S. The van der Waals surface area contributed by atoms with Crippen LogP contribution in [-0.2, 0) is 23.4 Å². The van der Waals surface area contributed by atoms with Crippen molar-refractivity contribution in [2.45, 2.75) is 20.0 Å². The molecule has 0 unspecified atom stereocenters. The Morgan fingerprint density at radius 1 is 1.23 bits per heavy atom. The molecule has 0 fully saturated rings. The van der Waals surface area contributed by atoms with E-state index < -0.39 is 10.3 Å². The summed E-state index contributed by atoms with van der Waals surface area (Å²) in [6, 6.07) is 10.6. The molecule has 9 heteroatoms. The van der Waals surface area contributed by atoms with E-state index in [4.69, 9.17) is 14.1 Å². The molecule has 26 heavy (non-hydrogen) atoms. The number of nitrogens with two attached hydrogens (primary N) is 1. The van der Waals surface area contributed by atoms with Gasteiger partial charge in [0.2, 0.25) is 0 Å². The van der Waals surface area contributed by atoms with E-state index >= 15 is 0 Å². The van der Waals surface area contributed by atoms with Crippen LogP contribution in [0.4, 0.5) is 10.5 Å². The number of methoxy groups -OCH3 is 1. The highest BCUT2D eigenvalue weighted by atomic mass is 32.2. The molecular weight excluding hydrogens is 358 g/mol. The third-order valence-electron chi connectivity index (χ3n) is 4.11. The van der Waals surface area contributed by atoms with Crippen molar-refractivity contribution < 1.29 is 22.1 Å². The lowest BCUT2D eigenvalue weighted by Crippen LogP contribution is -2.38. The van der Waals surface area contributed by atoms with E-state index in [1.807, 2.05) is 31.2 Å². The second kappa shape index (κ2) is 6.85. The molecule has 2 aromatic rings. The molecule has 3 N–H and O–H groups in total. The number of nitrogens with zero attached hydrogens (tertiary/aromatic N) is 1. The van der Waals surface area contributed by atoms with Crippen molar-refractivity contribution in [3.63, 3.8) is 0 Å². The number of hydrogen-bond acceptors (Lipinski definition) is 5. The molecule has 0 saturated heterocycles. The SMILES string of the molecule is COc1cc2c(cc1OS(N)(=O)=O)NC(=O)N(Cc1ccccc1C)C2. The summed E-state index contributed by atoms with van der Waals surface area (Å²) in [5, 5.41) is 7.66. The first-order valence-corrected chi connectivity index (χ1v) is 9.27. The Labute approximate surface area is 151 Å². The molecule has 3 rings (SSSR count). The summed E-state index contributed by atoms with van der Waals surface area (Å²) in [7, 11) is -2.82. The zero-order valence-electron chi connectivity index (χ0n) is 14.4. The number of urea groups is 1. The van der Waals surface area contributed by atoms with Gasteiger partial charge in [-0.3, -0.25) is 0 Å². The molecule has 2 amide bonds. The first-order valence-electron chi connectivity index (χ1n) is 7.80. The summed E-state index contributed by atoms with van der Waals surface area (Å²) in [6.45, 7) is 2.79. The van der Waals surface area contributed by atoms with E-state index in [1.165, 1.54) is 13.2 Å². The van der Waals surface area contributed by atoms with E-state index in [0.29, 0.717) is 18.8 Å². The number of amides is 2. The van der Waals surface area contributed by atoms with Gasteiger partial charge in [0.1, 0.15) is 0 Å². The molecule has 0 bridgehead atoms. The summed E-state index contributed by atoms with van der Waals surface area (Å²) in [6.07, 6.45) is 0. The Hall–Kier alpha value is -2.78. The van der Waals surface area contributed by atoms with Crippen molar-refractivity contribution in [3.8, 4) is 11.5 Å². The van der Waals surface area contributed by atoms with E-state index in [-0.39, 0.29) is 17.5 Å². The van der Waals surface area contributed by atoms with Crippen LogP contribution < -0.4 is 19.4 Å². The Balaban J connectivity index is 1.90. The van der Waals surface area contributed by atoms with Crippen LogP contribution in [0.15, 0.2) is 36.4 Å². The van der Waals surface area contributed by atoms with Gasteiger partial charge in [0.15, 0.2) is 11.5 Å². The molecule has 138 valence electrons. The number of ether oxygens (including phenoxy) is 1. The summed E-state index contributed by atoms with van der Waals surface area (Å²) in [4.78, 5) is 14.1. The Kier molecular flexibility index (Phi) is 4.75. The zero-order valence-corrected chi connectivity index (χ0v) is 15.2. The maximum absolute atomic E-state index is 12.4. The van der Waals surface area contributed by atoms with E-state index in [0.717, 1.165) is 16.7 Å². The van der Waals surface area contributed by atoms with Gasteiger partial charge in [-0.25, -0.2) is 4.79 Å². The predicted molar refractivity (Wildman–Crippen MR) is 96.2 cm³/mol. The van der Waals surface area contributed by atoms with Gasteiger partial charge in [0, 0.05) is 19.2 Å².